The molecular formula is C30H33ClN4O2. The molecule has 2 amide bonds. The summed E-state index contributed by atoms with van der Waals surface area (Å²) in [5.41, 5.74) is 2.50. The molecule has 0 radical (unpaired) electrons. The molecule has 192 valence electrons. The molecule has 6 nitrogen and oxygen atoms in total. The zero-order valence-corrected chi connectivity index (χ0v) is 21.7. The van der Waals surface area contributed by atoms with E-state index in [9.17, 15) is 9.59 Å². The lowest BCUT2D eigenvalue weighted by molar-refractivity contribution is -0.138. The number of likely N-dealkylation sites (tertiary alicyclic amines) is 2. The summed E-state index contributed by atoms with van der Waals surface area (Å²) in [4.78, 5) is 34.9. The van der Waals surface area contributed by atoms with Gasteiger partial charge < -0.3 is 15.1 Å². The van der Waals surface area contributed by atoms with E-state index in [1.807, 2.05) is 41.4 Å². The number of amides is 2. The molecule has 1 unspecified atom stereocenters. The van der Waals surface area contributed by atoms with Crippen molar-refractivity contribution in [1.29, 1.82) is 0 Å². The van der Waals surface area contributed by atoms with Gasteiger partial charge in [-0.2, -0.15) is 0 Å². The lowest BCUT2D eigenvalue weighted by atomic mass is 9.77. The van der Waals surface area contributed by atoms with E-state index in [-0.39, 0.29) is 17.4 Å². The number of rotatable bonds is 8. The molecule has 0 aliphatic carbocycles. The first-order valence-electron chi connectivity index (χ1n) is 13.0. The molecule has 3 aromatic rings. The Kier molecular flexibility index (Phi) is 7.87. The number of hydrogen-bond donors (Lipinski definition) is 1. The summed E-state index contributed by atoms with van der Waals surface area (Å²) >= 11 is 6.10. The van der Waals surface area contributed by atoms with Gasteiger partial charge in [0, 0.05) is 42.6 Å². The van der Waals surface area contributed by atoms with Crippen molar-refractivity contribution in [1.82, 2.24) is 20.1 Å². The van der Waals surface area contributed by atoms with E-state index >= 15 is 0 Å². The third-order valence-electron chi connectivity index (χ3n) is 7.84. The molecule has 1 atom stereocenters. The number of aromatic nitrogens is 1. The maximum Gasteiger partial charge on any atom is 0.251 e. The molecule has 3 heterocycles. The minimum absolute atomic E-state index is 0.105. The van der Waals surface area contributed by atoms with E-state index in [2.05, 4.69) is 27.3 Å². The van der Waals surface area contributed by atoms with Crippen LogP contribution in [-0.4, -0.2) is 52.8 Å². The summed E-state index contributed by atoms with van der Waals surface area (Å²) < 4.78 is 0. The highest BCUT2D eigenvalue weighted by Gasteiger charge is 2.47. The lowest BCUT2D eigenvalue weighted by Crippen LogP contribution is -2.45. The lowest BCUT2D eigenvalue weighted by Gasteiger charge is -2.38. The smallest absolute Gasteiger partial charge is 0.251 e. The van der Waals surface area contributed by atoms with Crippen molar-refractivity contribution in [3.05, 3.63) is 101 Å². The van der Waals surface area contributed by atoms with Crippen LogP contribution in [0.25, 0.3) is 0 Å². The number of nitrogens with one attached hydrogen (secondary N) is 1. The molecule has 1 spiro atoms. The van der Waals surface area contributed by atoms with Crippen LogP contribution < -0.4 is 5.32 Å². The van der Waals surface area contributed by atoms with Crippen LogP contribution in [0.3, 0.4) is 0 Å². The van der Waals surface area contributed by atoms with E-state index in [1.54, 1.807) is 30.5 Å². The first-order valence-corrected chi connectivity index (χ1v) is 13.4. The highest BCUT2D eigenvalue weighted by atomic mass is 35.5. The van der Waals surface area contributed by atoms with E-state index < -0.39 is 0 Å². The molecule has 37 heavy (non-hydrogen) atoms. The fourth-order valence-corrected chi connectivity index (χ4v) is 5.81. The number of piperidine rings is 1. The molecule has 2 aliphatic rings. The van der Waals surface area contributed by atoms with Crippen molar-refractivity contribution >= 4 is 23.4 Å². The molecule has 2 aliphatic heterocycles. The van der Waals surface area contributed by atoms with Crippen LogP contribution in [0.2, 0.25) is 5.02 Å². The molecule has 1 N–H and O–H groups in total. The Labute approximate surface area is 223 Å². The van der Waals surface area contributed by atoms with Gasteiger partial charge in [0.05, 0.1) is 11.5 Å². The first kappa shape index (κ1) is 25.4. The molecule has 2 fully saturated rings. The molecule has 0 bridgehead atoms. The molecular weight excluding hydrogens is 484 g/mol. The first-order chi connectivity index (χ1) is 18.0. The van der Waals surface area contributed by atoms with Gasteiger partial charge in [0.15, 0.2) is 0 Å². The van der Waals surface area contributed by atoms with Gasteiger partial charge >= 0.3 is 0 Å². The van der Waals surface area contributed by atoms with Gasteiger partial charge in [0.1, 0.15) is 0 Å². The molecule has 1 aromatic heterocycles. The SMILES string of the molecule is O=C(NC(CCN1CCC2(CC1)CCN(Cc1cccnc1)C2=O)c1ccccc1)c1cccc(Cl)c1. The molecule has 5 rings (SSSR count). The summed E-state index contributed by atoms with van der Waals surface area (Å²) in [5.74, 6) is 0.172. The van der Waals surface area contributed by atoms with Crippen molar-refractivity contribution in [3.8, 4) is 0 Å². The number of benzene rings is 2. The van der Waals surface area contributed by atoms with Gasteiger partial charge in [-0.25, -0.2) is 0 Å². The van der Waals surface area contributed by atoms with Crippen LogP contribution in [0, 0.1) is 5.41 Å². The van der Waals surface area contributed by atoms with E-state index in [0.29, 0.717) is 23.0 Å². The Hall–Kier alpha value is -3.22. The van der Waals surface area contributed by atoms with E-state index in [0.717, 1.165) is 63.0 Å². The number of pyridine rings is 1. The monoisotopic (exact) mass is 516 g/mol. The van der Waals surface area contributed by atoms with Crippen LogP contribution in [0.15, 0.2) is 79.1 Å². The molecule has 2 aromatic carbocycles. The number of carbonyl (C=O) groups excluding carboxylic acids is 2. The maximum atomic E-state index is 13.4. The minimum Gasteiger partial charge on any atom is -0.345 e. The van der Waals surface area contributed by atoms with E-state index in [4.69, 9.17) is 11.6 Å². The van der Waals surface area contributed by atoms with Gasteiger partial charge in [-0.1, -0.05) is 54.1 Å². The van der Waals surface area contributed by atoms with Gasteiger partial charge in [-0.15, -0.1) is 0 Å². The fraction of sp³-hybridized carbons (Fsp3) is 0.367. The Bertz CT molecular complexity index is 1210. The standard InChI is InChI=1S/C30H33ClN4O2/c31-26-10-4-9-25(20-26)28(36)33-27(24-7-2-1-3-8-24)11-16-34-17-12-30(13-18-34)14-19-35(29(30)37)22-23-6-5-15-32-21-23/h1-10,15,20-21,27H,11-14,16-19,22H2,(H,33,36). The molecule has 2 saturated heterocycles. The van der Waals surface area contributed by atoms with Crippen LogP contribution in [0.1, 0.15) is 53.2 Å². The highest BCUT2D eigenvalue weighted by Crippen LogP contribution is 2.42. The highest BCUT2D eigenvalue weighted by molar-refractivity contribution is 6.30. The minimum atomic E-state index is -0.224. The zero-order valence-electron chi connectivity index (χ0n) is 21.0. The average molecular weight is 517 g/mol. The molecule has 0 saturated carbocycles. The van der Waals surface area contributed by atoms with Crippen LogP contribution in [0.5, 0.6) is 0 Å². The van der Waals surface area contributed by atoms with Crippen molar-refractivity contribution in [2.24, 2.45) is 5.41 Å². The summed E-state index contributed by atoms with van der Waals surface area (Å²) in [7, 11) is 0. The van der Waals surface area contributed by atoms with E-state index in [1.165, 1.54) is 0 Å². The van der Waals surface area contributed by atoms with Gasteiger partial charge in [0.25, 0.3) is 5.91 Å². The number of halogens is 1. The average Bonchev–Trinajstić information content (AvgIpc) is 3.22. The third-order valence-corrected chi connectivity index (χ3v) is 8.07. The van der Waals surface area contributed by atoms with Crippen LogP contribution in [-0.2, 0) is 11.3 Å². The Morgan fingerprint density at radius 3 is 2.51 bits per heavy atom. The van der Waals surface area contributed by atoms with Crippen molar-refractivity contribution in [3.63, 3.8) is 0 Å². The van der Waals surface area contributed by atoms with Crippen molar-refractivity contribution in [2.45, 2.75) is 38.3 Å². The second-order valence-electron chi connectivity index (χ2n) is 10.2. The van der Waals surface area contributed by atoms with Crippen molar-refractivity contribution in [2.75, 3.05) is 26.2 Å². The quantitative estimate of drug-likeness (QED) is 0.452. The van der Waals surface area contributed by atoms with Crippen LogP contribution in [0.4, 0.5) is 0 Å². The summed E-state index contributed by atoms with van der Waals surface area (Å²) in [6.45, 7) is 4.12. The Morgan fingerprint density at radius 2 is 1.78 bits per heavy atom. The zero-order chi connectivity index (χ0) is 25.7. The fourth-order valence-electron chi connectivity index (χ4n) is 5.61. The van der Waals surface area contributed by atoms with Gasteiger partial charge in [-0.3, -0.25) is 14.6 Å². The summed E-state index contributed by atoms with van der Waals surface area (Å²) in [5, 5.41) is 3.76. The summed E-state index contributed by atoms with van der Waals surface area (Å²) in [6.07, 6.45) is 7.11. The number of carbonyl (C=O) groups is 2. The van der Waals surface area contributed by atoms with Gasteiger partial charge in [0.2, 0.25) is 5.91 Å². The summed E-state index contributed by atoms with van der Waals surface area (Å²) in [6, 6.07) is 21.0. The largest absolute Gasteiger partial charge is 0.345 e. The predicted octanol–water partition coefficient (Wildman–Crippen LogP) is 5.11. The predicted molar refractivity (Wildman–Crippen MR) is 145 cm³/mol. The second kappa shape index (κ2) is 11.4. The molecule has 7 heteroatoms. The number of nitrogens with zero attached hydrogens (tertiary/aromatic N) is 3. The topological polar surface area (TPSA) is 65.5 Å². The Morgan fingerprint density at radius 1 is 1.00 bits per heavy atom. The Balaban J connectivity index is 1.17. The van der Waals surface area contributed by atoms with Crippen LogP contribution >= 0.6 is 11.6 Å². The number of hydrogen-bond acceptors (Lipinski definition) is 4. The third kappa shape index (κ3) is 6.03. The maximum absolute atomic E-state index is 13.4. The normalized spacial score (nSPS) is 18.2. The van der Waals surface area contributed by atoms with Crippen molar-refractivity contribution < 1.29 is 9.59 Å². The van der Waals surface area contributed by atoms with Gasteiger partial charge in [-0.05, 0) is 74.2 Å². The second-order valence-corrected chi connectivity index (χ2v) is 10.6.